The van der Waals surface area contributed by atoms with Gasteiger partial charge in [-0.3, -0.25) is 4.79 Å². The monoisotopic (exact) mass is 338 g/mol. The van der Waals surface area contributed by atoms with Crippen LogP contribution >= 0.6 is 0 Å². The van der Waals surface area contributed by atoms with E-state index in [1.54, 1.807) is 12.5 Å². The van der Waals surface area contributed by atoms with Crippen LogP contribution in [0.3, 0.4) is 0 Å². The van der Waals surface area contributed by atoms with Crippen molar-refractivity contribution in [2.75, 3.05) is 13.1 Å². The highest BCUT2D eigenvalue weighted by atomic mass is 16.5. The van der Waals surface area contributed by atoms with Crippen molar-refractivity contribution in [3.63, 3.8) is 0 Å². The summed E-state index contributed by atoms with van der Waals surface area (Å²) in [6, 6.07) is 5.71. The lowest BCUT2D eigenvalue weighted by molar-refractivity contribution is -0.0605. The Balaban J connectivity index is 1.42. The quantitative estimate of drug-likeness (QED) is 0.665. The third kappa shape index (κ3) is 2.25. The van der Waals surface area contributed by atoms with Crippen LogP contribution in [0.2, 0.25) is 0 Å². The van der Waals surface area contributed by atoms with Crippen LogP contribution in [0.4, 0.5) is 0 Å². The Morgan fingerprint density at radius 3 is 3.20 bits per heavy atom. The average molecular weight is 338 g/mol. The lowest BCUT2D eigenvalue weighted by Crippen LogP contribution is -2.49. The number of carbonyl (C=O) groups excluding carboxylic acids is 1. The molecule has 1 aromatic carbocycles. The van der Waals surface area contributed by atoms with Crippen molar-refractivity contribution < 1.29 is 9.53 Å². The predicted octanol–water partition coefficient (Wildman–Crippen LogP) is 1.15. The standard InChI is InChI=1S/C17H18N6O2/c1-21-10-18-13-6-11(2-3-14(13)21)17(24)22-5-4-16-15(8-22)23-12(9-25-16)7-19-20-23/h2-3,6-7,10,15-16H,4-5,8-9H2,1H3/t15-,16+/m0/s1. The van der Waals surface area contributed by atoms with Gasteiger partial charge in [-0.2, -0.15) is 0 Å². The zero-order valence-electron chi connectivity index (χ0n) is 13.9. The highest BCUT2D eigenvalue weighted by Gasteiger charge is 2.38. The largest absolute Gasteiger partial charge is 0.370 e. The van der Waals surface area contributed by atoms with E-state index in [-0.39, 0.29) is 18.1 Å². The minimum Gasteiger partial charge on any atom is -0.370 e. The second-order valence-electron chi connectivity index (χ2n) is 6.69. The van der Waals surface area contributed by atoms with E-state index in [1.165, 1.54) is 0 Å². The normalized spacial score (nSPS) is 22.7. The molecular formula is C17H18N6O2. The minimum atomic E-state index is 0.0261. The maximum absolute atomic E-state index is 13.0. The highest BCUT2D eigenvalue weighted by Crippen LogP contribution is 2.30. The number of piperidine rings is 1. The van der Waals surface area contributed by atoms with Crippen molar-refractivity contribution in [3.05, 3.63) is 42.0 Å². The molecule has 5 rings (SSSR count). The zero-order valence-corrected chi connectivity index (χ0v) is 13.9. The van der Waals surface area contributed by atoms with E-state index in [0.29, 0.717) is 25.3 Å². The van der Waals surface area contributed by atoms with Gasteiger partial charge < -0.3 is 14.2 Å². The van der Waals surface area contributed by atoms with Gasteiger partial charge in [0.25, 0.3) is 5.91 Å². The van der Waals surface area contributed by atoms with Gasteiger partial charge in [0, 0.05) is 25.7 Å². The number of benzene rings is 1. The Morgan fingerprint density at radius 2 is 2.28 bits per heavy atom. The Labute approximate surface area is 144 Å². The SMILES string of the molecule is Cn1cnc2cc(C(=O)N3CC[C@H]4OCc5cnnn5[C@H]4C3)ccc21. The molecule has 0 spiro atoms. The van der Waals surface area contributed by atoms with Gasteiger partial charge in [-0.25, -0.2) is 9.67 Å². The number of rotatable bonds is 1. The third-order valence-electron chi connectivity index (χ3n) is 5.19. The van der Waals surface area contributed by atoms with Crippen molar-refractivity contribution in [1.29, 1.82) is 0 Å². The molecule has 0 N–H and O–H groups in total. The molecule has 0 unspecified atom stereocenters. The molecule has 3 aromatic rings. The number of likely N-dealkylation sites (tertiary alicyclic amines) is 1. The van der Waals surface area contributed by atoms with Gasteiger partial charge in [0.05, 0.1) is 48.0 Å². The van der Waals surface area contributed by atoms with Crippen molar-refractivity contribution in [1.82, 2.24) is 29.4 Å². The molecule has 0 saturated carbocycles. The molecule has 1 amide bonds. The number of aromatic nitrogens is 5. The Morgan fingerprint density at radius 1 is 1.36 bits per heavy atom. The number of nitrogens with zero attached hydrogens (tertiary/aromatic N) is 6. The lowest BCUT2D eigenvalue weighted by atomic mass is 9.99. The van der Waals surface area contributed by atoms with Crippen molar-refractivity contribution >= 4 is 16.9 Å². The number of aryl methyl sites for hydroxylation is 1. The molecule has 1 saturated heterocycles. The summed E-state index contributed by atoms with van der Waals surface area (Å²) < 4.78 is 9.77. The number of amides is 1. The lowest BCUT2D eigenvalue weighted by Gasteiger charge is -2.41. The van der Waals surface area contributed by atoms with Crippen LogP contribution in [-0.2, 0) is 18.4 Å². The fourth-order valence-corrected chi connectivity index (χ4v) is 3.82. The van der Waals surface area contributed by atoms with E-state index in [1.807, 2.05) is 39.4 Å². The van der Waals surface area contributed by atoms with Gasteiger partial charge in [0.1, 0.15) is 0 Å². The summed E-state index contributed by atoms with van der Waals surface area (Å²) in [7, 11) is 1.94. The van der Waals surface area contributed by atoms with E-state index >= 15 is 0 Å². The smallest absolute Gasteiger partial charge is 0.254 e. The van der Waals surface area contributed by atoms with Gasteiger partial charge in [0.2, 0.25) is 0 Å². The van der Waals surface area contributed by atoms with Gasteiger partial charge in [-0.15, -0.1) is 5.10 Å². The van der Waals surface area contributed by atoms with E-state index in [9.17, 15) is 4.79 Å². The number of carbonyl (C=O) groups is 1. The van der Waals surface area contributed by atoms with Crippen molar-refractivity contribution in [2.45, 2.75) is 25.2 Å². The van der Waals surface area contributed by atoms with E-state index < -0.39 is 0 Å². The van der Waals surface area contributed by atoms with Crippen molar-refractivity contribution in [2.24, 2.45) is 7.05 Å². The van der Waals surface area contributed by atoms with Crippen LogP contribution in [0.1, 0.15) is 28.5 Å². The van der Waals surface area contributed by atoms with Crippen LogP contribution in [0, 0.1) is 0 Å². The molecule has 2 aliphatic heterocycles. The average Bonchev–Trinajstić information content (AvgIpc) is 3.27. The molecule has 2 aromatic heterocycles. The molecule has 25 heavy (non-hydrogen) atoms. The molecule has 0 bridgehead atoms. The summed E-state index contributed by atoms with van der Waals surface area (Å²) >= 11 is 0. The summed E-state index contributed by atoms with van der Waals surface area (Å²) in [6.45, 7) is 1.81. The number of hydrogen-bond donors (Lipinski definition) is 0. The van der Waals surface area contributed by atoms with Crippen LogP contribution in [0.5, 0.6) is 0 Å². The predicted molar refractivity (Wildman–Crippen MR) is 88.9 cm³/mol. The number of ether oxygens (including phenoxy) is 1. The van der Waals surface area contributed by atoms with Gasteiger partial charge in [-0.1, -0.05) is 5.21 Å². The molecule has 8 nitrogen and oxygen atoms in total. The number of imidazole rings is 1. The van der Waals surface area contributed by atoms with Crippen LogP contribution < -0.4 is 0 Å². The maximum Gasteiger partial charge on any atom is 0.254 e. The summed E-state index contributed by atoms with van der Waals surface area (Å²) in [5, 5.41) is 8.17. The molecular weight excluding hydrogens is 320 g/mol. The van der Waals surface area contributed by atoms with E-state index in [2.05, 4.69) is 15.3 Å². The number of hydrogen-bond acceptors (Lipinski definition) is 5. The molecule has 2 atom stereocenters. The van der Waals surface area contributed by atoms with Crippen molar-refractivity contribution in [3.8, 4) is 0 Å². The van der Waals surface area contributed by atoms with Crippen LogP contribution in [0.15, 0.2) is 30.7 Å². The van der Waals surface area contributed by atoms with Crippen LogP contribution in [0.25, 0.3) is 11.0 Å². The second-order valence-corrected chi connectivity index (χ2v) is 6.69. The topological polar surface area (TPSA) is 78.1 Å². The molecule has 4 heterocycles. The molecule has 2 aliphatic rings. The zero-order chi connectivity index (χ0) is 17.0. The molecule has 0 radical (unpaired) electrons. The first-order valence-corrected chi connectivity index (χ1v) is 8.42. The molecule has 8 heteroatoms. The first kappa shape index (κ1) is 14.6. The first-order chi connectivity index (χ1) is 12.2. The minimum absolute atomic E-state index is 0.0261. The third-order valence-corrected chi connectivity index (χ3v) is 5.19. The van der Waals surface area contributed by atoms with Gasteiger partial charge in [-0.05, 0) is 24.6 Å². The molecule has 1 fully saturated rings. The summed E-state index contributed by atoms with van der Waals surface area (Å²) in [5.41, 5.74) is 3.48. The summed E-state index contributed by atoms with van der Waals surface area (Å²) in [4.78, 5) is 19.2. The summed E-state index contributed by atoms with van der Waals surface area (Å²) in [5.74, 6) is 0.0261. The Kier molecular flexibility index (Phi) is 3.14. The second kappa shape index (κ2) is 5.38. The summed E-state index contributed by atoms with van der Waals surface area (Å²) in [6.07, 6.45) is 4.39. The number of fused-ring (bicyclic) bond motifs is 4. The molecule has 128 valence electrons. The van der Waals surface area contributed by atoms with E-state index in [4.69, 9.17) is 4.74 Å². The Hall–Kier alpha value is -2.74. The van der Waals surface area contributed by atoms with Crippen LogP contribution in [-0.4, -0.2) is 54.5 Å². The maximum atomic E-state index is 13.0. The first-order valence-electron chi connectivity index (χ1n) is 8.42. The fourth-order valence-electron chi connectivity index (χ4n) is 3.82. The Bertz CT molecular complexity index is 961. The van der Waals surface area contributed by atoms with Gasteiger partial charge in [0.15, 0.2) is 0 Å². The fraction of sp³-hybridized carbons (Fsp3) is 0.412. The molecule has 0 aliphatic carbocycles. The van der Waals surface area contributed by atoms with E-state index in [0.717, 1.165) is 23.1 Å². The van der Waals surface area contributed by atoms with Gasteiger partial charge >= 0.3 is 0 Å². The highest BCUT2D eigenvalue weighted by molar-refractivity contribution is 5.97.